The second-order valence-corrected chi connectivity index (χ2v) is 13.0. The van der Waals surface area contributed by atoms with Crippen LogP contribution in [0.3, 0.4) is 0 Å². The van der Waals surface area contributed by atoms with Crippen LogP contribution in [-0.4, -0.2) is 33.4 Å². The average molecular weight is 628 g/mol. The van der Waals surface area contributed by atoms with Gasteiger partial charge in [0.1, 0.15) is 11.5 Å². The lowest BCUT2D eigenvalue weighted by atomic mass is 9.71. The van der Waals surface area contributed by atoms with Crippen molar-refractivity contribution in [2.75, 3.05) is 38.3 Å². The minimum Gasteiger partial charge on any atom is -0.495 e. The van der Waals surface area contributed by atoms with Crippen molar-refractivity contribution in [1.82, 2.24) is 0 Å². The number of rotatable bonds is 6. The molecule has 5 heteroatoms. The van der Waals surface area contributed by atoms with Gasteiger partial charge in [-0.2, -0.15) is 0 Å². The topological polar surface area (TPSA) is 30.9 Å². The van der Waals surface area contributed by atoms with Crippen molar-refractivity contribution >= 4 is 34.1 Å². The standard InChI is InChI=1S/C41H38ClNO3/c1-4-40(5-2)34-24-29(42)16-17-30(34)37-32-25-35(43-20-22-45-23-21-43)36(44-3)26-33(32)39-31(38(37)40)18-19-41(46-39,27-12-8-6-9-13-27)28-14-10-7-11-15-28/h6-19,24-26H,4-5,20-23H2,1-3H3. The van der Waals surface area contributed by atoms with Gasteiger partial charge in [-0.25, -0.2) is 0 Å². The van der Waals surface area contributed by atoms with Gasteiger partial charge in [0.25, 0.3) is 0 Å². The van der Waals surface area contributed by atoms with Crippen LogP contribution in [0.1, 0.15) is 54.5 Å². The van der Waals surface area contributed by atoms with Crippen molar-refractivity contribution in [1.29, 1.82) is 0 Å². The number of methoxy groups -OCH3 is 1. The van der Waals surface area contributed by atoms with Crippen molar-refractivity contribution in [3.63, 3.8) is 0 Å². The molecule has 46 heavy (non-hydrogen) atoms. The van der Waals surface area contributed by atoms with E-state index >= 15 is 0 Å². The summed E-state index contributed by atoms with van der Waals surface area (Å²) in [6.07, 6.45) is 6.49. The Kier molecular flexibility index (Phi) is 7.12. The first-order chi connectivity index (χ1) is 22.5. The lowest BCUT2D eigenvalue weighted by molar-refractivity contribution is 0.122. The molecule has 5 aromatic rings. The van der Waals surface area contributed by atoms with E-state index in [1.807, 2.05) is 6.07 Å². The van der Waals surface area contributed by atoms with Crippen LogP contribution in [0.25, 0.3) is 28.0 Å². The highest BCUT2D eigenvalue weighted by molar-refractivity contribution is 6.31. The van der Waals surface area contributed by atoms with Gasteiger partial charge < -0.3 is 19.1 Å². The first-order valence-electron chi connectivity index (χ1n) is 16.4. The number of halogens is 1. The molecule has 0 unspecified atom stereocenters. The summed E-state index contributed by atoms with van der Waals surface area (Å²) in [7, 11) is 1.76. The molecule has 0 aromatic heterocycles. The molecule has 0 bridgehead atoms. The molecular weight excluding hydrogens is 590 g/mol. The third-order valence-corrected chi connectivity index (χ3v) is 10.8. The van der Waals surface area contributed by atoms with Crippen LogP contribution in [-0.2, 0) is 15.8 Å². The molecule has 4 nitrogen and oxygen atoms in total. The number of benzene rings is 5. The zero-order valence-electron chi connectivity index (χ0n) is 26.6. The minimum atomic E-state index is -0.803. The van der Waals surface area contributed by atoms with Crippen LogP contribution in [0.15, 0.2) is 97.1 Å². The third kappa shape index (κ3) is 4.16. The lowest BCUT2D eigenvalue weighted by Crippen LogP contribution is -2.36. The molecule has 1 fully saturated rings. The zero-order valence-corrected chi connectivity index (χ0v) is 27.4. The van der Waals surface area contributed by atoms with Crippen molar-refractivity contribution in [2.24, 2.45) is 0 Å². The van der Waals surface area contributed by atoms with E-state index < -0.39 is 5.60 Å². The normalized spacial score (nSPS) is 17.3. The van der Waals surface area contributed by atoms with Gasteiger partial charge in [-0.1, -0.05) is 98.3 Å². The molecular formula is C41H38ClNO3. The highest BCUT2D eigenvalue weighted by Gasteiger charge is 2.47. The van der Waals surface area contributed by atoms with Crippen molar-refractivity contribution < 1.29 is 14.2 Å². The number of ether oxygens (including phenoxy) is 3. The summed E-state index contributed by atoms with van der Waals surface area (Å²) in [6, 6.07) is 32.1. The number of fused-ring (bicyclic) bond motifs is 8. The van der Waals surface area contributed by atoms with Gasteiger partial charge in [0.15, 0.2) is 5.60 Å². The summed E-state index contributed by atoms with van der Waals surface area (Å²) >= 11 is 6.73. The molecule has 0 saturated carbocycles. The van der Waals surface area contributed by atoms with Gasteiger partial charge in [0.05, 0.1) is 26.0 Å². The number of morpholine rings is 1. The van der Waals surface area contributed by atoms with Crippen molar-refractivity contribution in [2.45, 2.75) is 37.7 Å². The van der Waals surface area contributed by atoms with E-state index in [0.29, 0.717) is 13.2 Å². The molecule has 8 rings (SSSR count). The summed E-state index contributed by atoms with van der Waals surface area (Å²) in [5.74, 6) is 1.73. The first kappa shape index (κ1) is 29.2. The Balaban J connectivity index is 1.50. The maximum atomic E-state index is 7.52. The largest absolute Gasteiger partial charge is 0.495 e. The van der Waals surface area contributed by atoms with Gasteiger partial charge in [-0.3, -0.25) is 0 Å². The molecule has 0 radical (unpaired) electrons. The third-order valence-electron chi connectivity index (χ3n) is 10.6. The Morgan fingerprint density at radius 1 is 0.826 bits per heavy atom. The van der Waals surface area contributed by atoms with Crippen LogP contribution in [0.4, 0.5) is 5.69 Å². The Morgan fingerprint density at radius 2 is 1.50 bits per heavy atom. The molecule has 1 saturated heterocycles. The van der Waals surface area contributed by atoms with Gasteiger partial charge in [-0.15, -0.1) is 0 Å². The molecule has 2 heterocycles. The van der Waals surface area contributed by atoms with Crippen molar-refractivity contribution in [3.8, 4) is 22.6 Å². The van der Waals surface area contributed by atoms with Crippen molar-refractivity contribution in [3.05, 3.63) is 130 Å². The van der Waals surface area contributed by atoms with Gasteiger partial charge in [0.2, 0.25) is 0 Å². The van der Waals surface area contributed by atoms with Crippen LogP contribution < -0.4 is 14.4 Å². The summed E-state index contributed by atoms with van der Waals surface area (Å²) in [6.45, 7) is 7.64. The number of hydrogen-bond acceptors (Lipinski definition) is 4. The predicted molar refractivity (Wildman–Crippen MR) is 189 cm³/mol. The molecule has 232 valence electrons. The monoisotopic (exact) mass is 627 g/mol. The van der Waals surface area contributed by atoms with E-state index in [0.717, 1.165) is 70.2 Å². The molecule has 0 atom stereocenters. The lowest BCUT2D eigenvalue weighted by Gasteiger charge is -2.39. The summed E-state index contributed by atoms with van der Waals surface area (Å²) in [5.41, 5.74) is 8.56. The van der Waals surface area contributed by atoms with E-state index in [2.05, 4.69) is 116 Å². The minimum absolute atomic E-state index is 0.208. The van der Waals surface area contributed by atoms with Gasteiger partial charge in [-0.05, 0) is 70.8 Å². The van der Waals surface area contributed by atoms with Gasteiger partial charge >= 0.3 is 0 Å². The molecule has 0 spiro atoms. The predicted octanol–water partition coefficient (Wildman–Crippen LogP) is 9.77. The Labute approximate surface area is 276 Å². The molecule has 3 aliphatic rings. The maximum Gasteiger partial charge on any atom is 0.178 e. The highest BCUT2D eigenvalue weighted by Crippen LogP contribution is 2.61. The summed E-state index contributed by atoms with van der Waals surface area (Å²) in [4.78, 5) is 2.39. The summed E-state index contributed by atoms with van der Waals surface area (Å²) in [5, 5.41) is 2.99. The molecule has 2 aliphatic heterocycles. The Morgan fingerprint density at radius 3 is 2.13 bits per heavy atom. The summed E-state index contributed by atoms with van der Waals surface area (Å²) < 4.78 is 19.4. The zero-order chi connectivity index (χ0) is 31.5. The fourth-order valence-electron chi connectivity index (χ4n) is 8.25. The van der Waals surface area contributed by atoms with Crippen LogP contribution in [0, 0.1) is 0 Å². The maximum absolute atomic E-state index is 7.52. The Hall–Kier alpha value is -4.25. The number of anilines is 1. The first-order valence-corrected chi connectivity index (χ1v) is 16.8. The smallest absolute Gasteiger partial charge is 0.178 e. The highest BCUT2D eigenvalue weighted by atomic mass is 35.5. The van der Waals surface area contributed by atoms with E-state index in [1.54, 1.807) is 7.11 Å². The number of hydrogen-bond donors (Lipinski definition) is 0. The van der Waals surface area contributed by atoms with E-state index in [9.17, 15) is 0 Å². The molecule has 5 aromatic carbocycles. The molecule has 0 amide bonds. The Bertz CT molecular complexity index is 1940. The quantitative estimate of drug-likeness (QED) is 0.187. The average Bonchev–Trinajstić information content (AvgIpc) is 3.41. The molecule has 1 aliphatic carbocycles. The fraction of sp³-hybridized carbons (Fsp3) is 0.268. The van der Waals surface area contributed by atoms with Crippen LogP contribution in [0.2, 0.25) is 5.02 Å². The van der Waals surface area contributed by atoms with E-state index in [4.69, 9.17) is 25.8 Å². The fourth-order valence-corrected chi connectivity index (χ4v) is 8.42. The molecule has 0 N–H and O–H groups in total. The van der Waals surface area contributed by atoms with E-state index in [1.165, 1.54) is 27.6 Å². The van der Waals surface area contributed by atoms with Crippen LogP contribution >= 0.6 is 11.6 Å². The second-order valence-electron chi connectivity index (χ2n) is 12.5. The number of nitrogens with zero attached hydrogens (tertiary/aromatic N) is 1. The van der Waals surface area contributed by atoms with Gasteiger partial charge in [0, 0.05) is 45.6 Å². The second kappa shape index (κ2) is 11.2. The van der Waals surface area contributed by atoms with E-state index in [-0.39, 0.29) is 5.41 Å². The van der Waals surface area contributed by atoms with Crippen LogP contribution in [0.5, 0.6) is 11.5 Å². The SMILES string of the molecule is CCC1(CC)c2cc(Cl)ccc2-c2c1c1c(c3cc(OC)c(N4CCOCC4)cc23)OC(c2ccccc2)(c2ccccc2)C=C1.